The number of hydrogen-bond acceptors (Lipinski definition) is 1. The Labute approximate surface area is 49.8 Å². The van der Waals surface area contributed by atoms with E-state index in [2.05, 4.69) is 24.9 Å². The van der Waals surface area contributed by atoms with Crippen LogP contribution in [0.4, 0.5) is 0 Å². The molecule has 1 nitrogen and oxygen atoms in total. The van der Waals surface area contributed by atoms with E-state index in [1.807, 2.05) is 0 Å². The maximum Gasteiger partial charge on any atom is 0.0616 e. The average molecular weight is 107 g/mol. The van der Waals surface area contributed by atoms with Gasteiger partial charge in [0.25, 0.3) is 0 Å². The summed E-state index contributed by atoms with van der Waals surface area (Å²) in [5.41, 5.74) is 0.750. The fraction of sp³-hybridized carbons (Fsp3) is 0. The minimum absolute atomic E-state index is 0.750. The highest BCUT2D eigenvalue weighted by Crippen LogP contribution is 1.94. The minimum Gasteiger partial charge on any atom is -0.265 e. The van der Waals surface area contributed by atoms with E-state index in [-0.39, 0.29) is 0 Å². The molecule has 0 rings (SSSR count). The molecular weight excluding hydrogens is 98.1 g/mol. The fourth-order valence-corrected chi connectivity index (χ4v) is 0.306. The summed E-state index contributed by atoms with van der Waals surface area (Å²) in [7, 11) is 0. The Balaban J connectivity index is 4.05. The quantitative estimate of drug-likeness (QED) is 0.386. The molecule has 0 aromatic heterocycles. The maximum atomic E-state index is 3.62. The summed E-state index contributed by atoms with van der Waals surface area (Å²) in [4.78, 5) is 3.62. The van der Waals surface area contributed by atoms with Gasteiger partial charge in [0.1, 0.15) is 0 Å². The molecule has 0 saturated carbocycles. The number of nitrogens with zero attached hydrogens (tertiary/aromatic N) is 1. The van der Waals surface area contributed by atoms with Crippen LogP contribution in [0.3, 0.4) is 0 Å². The lowest BCUT2D eigenvalue weighted by molar-refractivity contribution is 1.45. The lowest BCUT2D eigenvalue weighted by Gasteiger charge is -1.83. The van der Waals surface area contributed by atoms with E-state index in [0.717, 1.165) is 5.70 Å². The van der Waals surface area contributed by atoms with Gasteiger partial charge in [0.05, 0.1) is 5.70 Å². The zero-order valence-corrected chi connectivity index (χ0v) is 4.80. The molecule has 0 radical (unpaired) electrons. The first-order chi connectivity index (χ1) is 3.85. The SMILES string of the molecule is C=C/C=C(/C=C)N=C. The highest BCUT2D eigenvalue weighted by molar-refractivity contribution is 5.33. The van der Waals surface area contributed by atoms with Gasteiger partial charge in [-0.05, 0) is 18.9 Å². The number of rotatable bonds is 3. The molecule has 0 bridgehead atoms. The Morgan fingerprint density at radius 3 is 2.12 bits per heavy atom. The molecule has 0 spiro atoms. The van der Waals surface area contributed by atoms with Crippen molar-refractivity contribution in [1.82, 2.24) is 0 Å². The third kappa shape index (κ3) is 2.13. The van der Waals surface area contributed by atoms with Crippen molar-refractivity contribution in [3.05, 3.63) is 37.1 Å². The third-order valence-electron chi connectivity index (χ3n) is 0.680. The molecule has 0 aromatic carbocycles. The van der Waals surface area contributed by atoms with E-state index >= 15 is 0 Å². The first-order valence-corrected chi connectivity index (χ1v) is 2.27. The van der Waals surface area contributed by atoms with Crippen LogP contribution in [0.15, 0.2) is 42.1 Å². The van der Waals surface area contributed by atoms with Crippen molar-refractivity contribution in [1.29, 1.82) is 0 Å². The van der Waals surface area contributed by atoms with Gasteiger partial charge in [-0.2, -0.15) is 0 Å². The molecule has 0 fully saturated rings. The van der Waals surface area contributed by atoms with Gasteiger partial charge in [-0.1, -0.05) is 19.2 Å². The standard InChI is InChI=1S/C7H9N/c1-4-6-7(5-2)8-3/h4-6H,1-3H2/b7-6-. The molecule has 0 aliphatic heterocycles. The van der Waals surface area contributed by atoms with Gasteiger partial charge < -0.3 is 0 Å². The summed E-state index contributed by atoms with van der Waals surface area (Å²) in [6, 6.07) is 0. The number of aliphatic imine (C=N–C) groups is 1. The predicted octanol–water partition coefficient (Wildman–Crippen LogP) is 1.94. The maximum absolute atomic E-state index is 3.62. The summed E-state index contributed by atoms with van der Waals surface area (Å²) in [5, 5.41) is 0. The Bertz CT molecular complexity index is 121. The van der Waals surface area contributed by atoms with Gasteiger partial charge >= 0.3 is 0 Å². The zero-order chi connectivity index (χ0) is 6.41. The molecule has 0 aliphatic rings. The number of hydrogen-bond donors (Lipinski definition) is 0. The van der Waals surface area contributed by atoms with E-state index in [1.165, 1.54) is 0 Å². The van der Waals surface area contributed by atoms with Crippen LogP contribution < -0.4 is 0 Å². The summed E-state index contributed by atoms with van der Waals surface area (Å²) in [5.74, 6) is 0. The summed E-state index contributed by atoms with van der Waals surface area (Å²) in [6.07, 6.45) is 5.00. The second kappa shape index (κ2) is 4.06. The van der Waals surface area contributed by atoms with Gasteiger partial charge in [0.15, 0.2) is 0 Å². The normalized spacial score (nSPS) is 10.2. The summed E-state index contributed by atoms with van der Waals surface area (Å²) in [6.45, 7) is 10.3. The van der Waals surface area contributed by atoms with Crippen LogP contribution in [0, 0.1) is 0 Å². The van der Waals surface area contributed by atoms with Crippen molar-refractivity contribution >= 4 is 6.72 Å². The molecular formula is C7H9N. The van der Waals surface area contributed by atoms with Crippen molar-refractivity contribution in [3.8, 4) is 0 Å². The van der Waals surface area contributed by atoms with Crippen molar-refractivity contribution in [2.24, 2.45) is 4.99 Å². The van der Waals surface area contributed by atoms with Gasteiger partial charge in [-0.3, -0.25) is 4.99 Å². The van der Waals surface area contributed by atoms with Crippen LogP contribution in [0.2, 0.25) is 0 Å². The van der Waals surface area contributed by atoms with Crippen molar-refractivity contribution in [2.75, 3.05) is 0 Å². The Morgan fingerprint density at radius 2 is 2.00 bits per heavy atom. The molecule has 0 aromatic rings. The second-order valence-corrected chi connectivity index (χ2v) is 1.19. The highest BCUT2D eigenvalue weighted by Gasteiger charge is 1.75. The topological polar surface area (TPSA) is 12.4 Å². The van der Waals surface area contributed by atoms with E-state index in [1.54, 1.807) is 18.2 Å². The van der Waals surface area contributed by atoms with Crippen molar-refractivity contribution < 1.29 is 0 Å². The minimum atomic E-state index is 0.750. The second-order valence-electron chi connectivity index (χ2n) is 1.19. The zero-order valence-electron chi connectivity index (χ0n) is 4.80. The highest BCUT2D eigenvalue weighted by atomic mass is 14.7. The van der Waals surface area contributed by atoms with Crippen LogP contribution in [-0.4, -0.2) is 6.72 Å². The fourth-order valence-electron chi connectivity index (χ4n) is 0.306. The van der Waals surface area contributed by atoms with Gasteiger partial charge in [0.2, 0.25) is 0 Å². The third-order valence-corrected chi connectivity index (χ3v) is 0.680. The molecule has 0 unspecified atom stereocenters. The van der Waals surface area contributed by atoms with Crippen LogP contribution in [0.1, 0.15) is 0 Å². The molecule has 0 aliphatic carbocycles. The predicted molar refractivity (Wildman–Crippen MR) is 38.0 cm³/mol. The molecule has 1 heteroatoms. The lowest BCUT2D eigenvalue weighted by Crippen LogP contribution is -1.64. The summed E-state index contributed by atoms with van der Waals surface area (Å²) >= 11 is 0. The van der Waals surface area contributed by atoms with Gasteiger partial charge in [-0.25, -0.2) is 0 Å². The molecule has 0 atom stereocenters. The Hall–Kier alpha value is -1.11. The van der Waals surface area contributed by atoms with Crippen molar-refractivity contribution in [2.45, 2.75) is 0 Å². The number of allylic oxidation sites excluding steroid dienone is 3. The monoisotopic (exact) mass is 107 g/mol. The largest absolute Gasteiger partial charge is 0.265 e. The van der Waals surface area contributed by atoms with Crippen molar-refractivity contribution in [3.63, 3.8) is 0 Å². The van der Waals surface area contributed by atoms with E-state index < -0.39 is 0 Å². The first-order valence-electron chi connectivity index (χ1n) is 2.27. The van der Waals surface area contributed by atoms with Crippen LogP contribution in [0.5, 0.6) is 0 Å². The molecule has 42 valence electrons. The van der Waals surface area contributed by atoms with Crippen LogP contribution >= 0.6 is 0 Å². The molecule has 0 saturated heterocycles. The molecule has 0 N–H and O–H groups in total. The first kappa shape index (κ1) is 6.89. The molecule has 8 heavy (non-hydrogen) atoms. The van der Waals surface area contributed by atoms with E-state index in [4.69, 9.17) is 0 Å². The van der Waals surface area contributed by atoms with Crippen LogP contribution in [-0.2, 0) is 0 Å². The Kier molecular flexibility index (Phi) is 3.50. The molecule has 0 heterocycles. The average Bonchev–Trinajstić information content (AvgIpc) is 1.83. The van der Waals surface area contributed by atoms with Gasteiger partial charge in [-0.15, -0.1) is 0 Å². The van der Waals surface area contributed by atoms with E-state index in [9.17, 15) is 0 Å². The smallest absolute Gasteiger partial charge is 0.0616 e. The Morgan fingerprint density at radius 1 is 1.38 bits per heavy atom. The van der Waals surface area contributed by atoms with E-state index in [0.29, 0.717) is 0 Å². The lowest BCUT2D eigenvalue weighted by atomic mass is 10.4. The van der Waals surface area contributed by atoms with Gasteiger partial charge in [0, 0.05) is 0 Å². The molecule has 0 amide bonds. The van der Waals surface area contributed by atoms with Crippen LogP contribution in [0.25, 0.3) is 0 Å². The summed E-state index contributed by atoms with van der Waals surface area (Å²) < 4.78 is 0.